The van der Waals surface area contributed by atoms with Crippen LogP contribution in [0.1, 0.15) is 40.7 Å². The molecule has 1 unspecified atom stereocenters. The Labute approximate surface area is 109 Å². The Hall–Kier alpha value is -1.35. The zero-order chi connectivity index (χ0) is 13.1. The lowest BCUT2D eigenvalue weighted by Gasteiger charge is -2.14. The number of ketones is 1. The lowest BCUT2D eigenvalue weighted by Crippen LogP contribution is -2.25. The van der Waals surface area contributed by atoms with Gasteiger partial charge in [0.1, 0.15) is 5.75 Å². The Kier molecular flexibility index (Phi) is 4.02. The van der Waals surface area contributed by atoms with Gasteiger partial charge >= 0.3 is 0 Å². The lowest BCUT2D eigenvalue weighted by atomic mass is 9.96. The second-order valence-corrected chi connectivity index (χ2v) is 5.08. The molecule has 0 bridgehead atoms. The van der Waals surface area contributed by atoms with E-state index < -0.39 is 0 Å². The summed E-state index contributed by atoms with van der Waals surface area (Å²) in [6, 6.07) is 4.31. The van der Waals surface area contributed by atoms with Gasteiger partial charge < -0.3 is 10.1 Å². The van der Waals surface area contributed by atoms with E-state index in [-0.39, 0.29) is 5.78 Å². The van der Waals surface area contributed by atoms with Crippen LogP contribution in [0.25, 0.3) is 0 Å². The zero-order valence-corrected chi connectivity index (χ0v) is 11.4. The van der Waals surface area contributed by atoms with E-state index in [1.165, 1.54) is 6.42 Å². The molecule has 0 saturated carbocycles. The van der Waals surface area contributed by atoms with Gasteiger partial charge in [0, 0.05) is 12.5 Å². The van der Waals surface area contributed by atoms with Crippen LogP contribution in [-0.4, -0.2) is 25.5 Å². The van der Waals surface area contributed by atoms with E-state index in [2.05, 4.69) is 5.32 Å². The first-order valence-electron chi connectivity index (χ1n) is 6.53. The number of methoxy groups -OCH3 is 1. The Morgan fingerprint density at radius 3 is 2.83 bits per heavy atom. The molecule has 1 saturated heterocycles. The minimum atomic E-state index is 0.184. The Morgan fingerprint density at radius 2 is 2.22 bits per heavy atom. The highest BCUT2D eigenvalue weighted by Crippen LogP contribution is 2.26. The van der Waals surface area contributed by atoms with Gasteiger partial charge in [-0.15, -0.1) is 0 Å². The van der Waals surface area contributed by atoms with Crippen molar-refractivity contribution in [2.24, 2.45) is 0 Å². The highest BCUT2D eigenvalue weighted by atomic mass is 16.5. The van der Waals surface area contributed by atoms with Crippen LogP contribution in [0.5, 0.6) is 5.75 Å². The minimum absolute atomic E-state index is 0.184. The molecule has 0 amide bonds. The van der Waals surface area contributed by atoms with Gasteiger partial charge in [0.15, 0.2) is 5.78 Å². The molecule has 18 heavy (non-hydrogen) atoms. The predicted molar refractivity (Wildman–Crippen MR) is 72.4 cm³/mol. The van der Waals surface area contributed by atoms with Crippen molar-refractivity contribution in [3.8, 4) is 5.75 Å². The normalized spacial score (nSPS) is 18.9. The highest BCUT2D eigenvalue weighted by Gasteiger charge is 2.22. The Balaban J connectivity index is 2.23. The third-order valence-corrected chi connectivity index (χ3v) is 3.54. The third-order valence-electron chi connectivity index (χ3n) is 3.54. The first kappa shape index (κ1) is 13.1. The van der Waals surface area contributed by atoms with Gasteiger partial charge in [-0.3, -0.25) is 4.79 Å². The summed E-state index contributed by atoms with van der Waals surface area (Å²) in [5.74, 6) is 0.888. The molecule has 0 radical (unpaired) electrons. The number of nitrogens with one attached hydrogen (secondary N) is 1. The molecule has 1 aromatic rings. The van der Waals surface area contributed by atoms with Crippen LogP contribution in [0.2, 0.25) is 0 Å². The largest absolute Gasteiger partial charge is 0.496 e. The average Bonchev–Trinajstić information content (AvgIpc) is 2.80. The van der Waals surface area contributed by atoms with Crippen molar-refractivity contribution in [1.29, 1.82) is 0 Å². The van der Waals surface area contributed by atoms with Crippen molar-refractivity contribution in [1.82, 2.24) is 5.32 Å². The van der Waals surface area contributed by atoms with Gasteiger partial charge in [-0.05, 0) is 50.4 Å². The number of ether oxygens (including phenoxy) is 1. The Bertz CT molecular complexity index is 448. The fourth-order valence-electron chi connectivity index (χ4n) is 2.70. The van der Waals surface area contributed by atoms with Gasteiger partial charge in [0.25, 0.3) is 0 Å². The molecule has 1 fully saturated rings. The molecule has 1 aliphatic rings. The Morgan fingerprint density at radius 1 is 1.44 bits per heavy atom. The van der Waals surface area contributed by atoms with Crippen LogP contribution in [0.15, 0.2) is 12.1 Å². The second kappa shape index (κ2) is 5.53. The molecule has 98 valence electrons. The molecular weight excluding hydrogens is 226 g/mol. The van der Waals surface area contributed by atoms with E-state index in [0.29, 0.717) is 18.2 Å². The molecule has 3 heteroatoms. The summed E-state index contributed by atoms with van der Waals surface area (Å²) < 4.78 is 5.35. The number of aryl methyl sites for hydroxylation is 2. The van der Waals surface area contributed by atoms with E-state index in [1.807, 2.05) is 26.0 Å². The molecular formula is C15H21NO2. The SMILES string of the molecule is COc1cc(C)cc(C)c1C(=O)CC1CCCN1. The lowest BCUT2D eigenvalue weighted by molar-refractivity contribution is 0.0968. The first-order chi connectivity index (χ1) is 8.61. The molecule has 0 spiro atoms. The van der Waals surface area contributed by atoms with Crippen molar-refractivity contribution < 1.29 is 9.53 Å². The molecule has 1 heterocycles. The van der Waals surface area contributed by atoms with Crippen molar-refractivity contribution in [3.05, 3.63) is 28.8 Å². The molecule has 2 rings (SSSR count). The number of carbonyl (C=O) groups excluding carboxylic acids is 1. The number of rotatable bonds is 4. The van der Waals surface area contributed by atoms with Crippen molar-refractivity contribution >= 4 is 5.78 Å². The average molecular weight is 247 g/mol. The maximum absolute atomic E-state index is 12.4. The van der Waals surface area contributed by atoms with Gasteiger partial charge in [0.2, 0.25) is 0 Å². The summed E-state index contributed by atoms with van der Waals surface area (Å²) in [7, 11) is 1.62. The molecule has 3 nitrogen and oxygen atoms in total. The molecule has 1 atom stereocenters. The fraction of sp³-hybridized carbons (Fsp3) is 0.533. The van der Waals surface area contributed by atoms with Crippen molar-refractivity contribution in [2.45, 2.75) is 39.2 Å². The number of benzene rings is 1. The van der Waals surface area contributed by atoms with Crippen LogP contribution < -0.4 is 10.1 Å². The fourth-order valence-corrected chi connectivity index (χ4v) is 2.70. The predicted octanol–water partition coefficient (Wildman–Crippen LogP) is 2.64. The van der Waals surface area contributed by atoms with Crippen LogP contribution in [-0.2, 0) is 0 Å². The second-order valence-electron chi connectivity index (χ2n) is 5.08. The van der Waals surface area contributed by atoms with E-state index in [0.717, 1.165) is 29.7 Å². The van der Waals surface area contributed by atoms with Gasteiger partial charge in [-0.2, -0.15) is 0 Å². The van der Waals surface area contributed by atoms with Gasteiger partial charge in [-0.25, -0.2) is 0 Å². The minimum Gasteiger partial charge on any atom is -0.496 e. The standard InChI is InChI=1S/C15H21NO2/c1-10-7-11(2)15(14(8-10)18-3)13(17)9-12-5-4-6-16-12/h7-8,12,16H,4-6,9H2,1-3H3. The summed E-state index contributed by atoms with van der Waals surface area (Å²) in [6.45, 7) is 5.02. The summed E-state index contributed by atoms with van der Waals surface area (Å²) in [5, 5.41) is 3.36. The monoisotopic (exact) mass is 247 g/mol. The first-order valence-corrected chi connectivity index (χ1v) is 6.53. The topological polar surface area (TPSA) is 38.3 Å². The summed E-state index contributed by atoms with van der Waals surface area (Å²) >= 11 is 0. The van der Waals surface area contributed by atoms with Crippen molar-refractivity contribution in [3.63, 3.8) is 0 Å². The molecule has 1 N–H and O–H groups in total. The number of hydrogen-bond acceptors (Lipinski definition) is 3. The number of Topliss-reactive ketones (excluding diaryl/α,β-unsaturated/α-hetero) is 1. The molecule has 0 aliphatic carbocycles. The molecule has 1 aromatic carbocycles. The number of carbonyl (C=O) groups is 1. The summed E-state index contributed by atoms with van der Waals surface area (Å²) in [4.78, 5) is 12.4. The van der Waals surface area contributed by atoms with Crippen LogP contribution in [0.3, 0.4) is 0 Å². The van der Waals surface area contributed by atoms with Crippen LogP contribution in [0, 0.1) is 13.8 Å². The maximum atomic E-state index is 12.4. The van der Waals surface area contributed by atoms with Crippen molar-refractivity contribution in [2.75, 3.05) is 13.7 Å². The van der Waals surface area contributed by atoms with E-state index in [9.17, 15) is 4.79 Å². The number of hydrogen-bond donors (Lipinski definition) is 1. The molecule has 1 aliphatic heterocycles. The maximum Gasteiger partial charge on any atom is 0.168 e. The van der Waals surface area contributed by atoms with Crippen LogP contribution >= 0.6 is 0 Å². The van der Waals surface area contributed by atoms with E-state index in [4.69, 9.17) is 4.74 Å². The third kappa shape index (κ3) is 2.72. The van der Waals surface area contributed by atoms with Gasteiger partial charge in [-0.1, -0.05) is 6.07 Å². The quantitative estimate of drug-likeness (QED) is 0.831. The highest BCUT2D eigenvalue weighted by molar-refractivity contribution is 6.00. The van der Waals surface area contributed by atoms with E-state index >= 15 is 0 Å². The summed E-state index contributed by atoms with van der Waals surface area (Å²) in [6.07, 6.45) is 2.83. The zero-order valence-electron chi connectivity index (χ0n) is 11.4. The molecule has 0 aromatic heterocycles. The smallest absolute Gasteiger partial charge is 0.168 e. The van der Waals surface area contributed by atoms with Gasteiger partial charge in [0.05, 0.1) is 12.7 Å². The van der Waals surface area contributed by atoms with E-state index in [1.54, 1.807) is 7.11 Å². The van der Waals surface area contributed by atoms with Crippen LogP contribution in [0.4, 0.5) is 0 Å². The summed E-state index contributed by atoms with van der Waals surface area (Å²) in [5.41, 5.74) is 2.88.